The Morgan fingerprint density at radius 3 is 2.04 bits per heavy atom. The molecule has 0 aromatic heterocycles. The topological polar surface area (TPSA) is 110 Å². The molecule has 2 aromatic rings. The predicted molar refractivity (Wildman–Crippen MR) is 97.5 cm³/mol. The summed E-state index contributed by atoms with van der Waals surface area (Å²) in [5, 5.41) is 21.1. The molecule has 1 aliphatic carbocycles. The van der Waals surface area contributed by atoms with Crippen LogP contribution in [0.25, 0.3) is 0 Å². The van der Waals surface area contributed by atoms with E-state index >= 15 is 0 Å². The van der Waals surface area contributed by atoms with E-state index in [0.717, 1.165) is 6.08 Å². The third kappa shape index (κ3) is 4.00. The fraction of sp³-hybridized carbons (Fsp3) is 0.190. The van der Waals surface area contributed by atoms with Crippen LogP contribution in [0.1, 0.15) is 20.7 Å². The molecule has 2 N–H and O–H groups in total. The van der Waals surface area contributed by atoms with Gasteiger partial charge in [0.2, 0.25) is 0 Å². The van der Waals surface area contributed by atoms with Crippen LogP contribution in [0, 0.1) is 0 Å². The first-order valence-electron chi connectivity index (χ1n) is 8.53. The number of benzene rings is 2. The number of hydrogen-bond acceptors (Lipinski definition) is 7. The van der Waals surface area contributed by atoms with Crippen LogP contribution in [0.3, 0.4) is 0 Å². The molecule has 0 bridgehead atoms. The van der Waals surface area contributed by atoms with Crippen LogP contribution in [-0.4, -0.2) is 52.4 Å². The van der Waals surface area contributed by atoms with Gasteiger partial charge in [-0.15, -0.1) is 0 Å². The number of aliphatic hydroxyl groups is 2. The highest BCUT2D eigenvalue weighted by Crippen LogP contribution is 2.25. The second-order valence-electron chi connectivity index (χ2n) is 6.27. The van der Waals surface area contributed by atoms with Crippen LogP contribution in [0.2, 0.25) is 0 Å². The number of carbonyl (C=O) groups excluding carboxylic acids is 3. The van der Waals surface area contributed by atoms with Gasteiger partial charge in [0.05, 0.1) is 11.1 Å². The second-order valence-corrected chi connectivity index (χ2v) is 6.27. The summed E-state index contributed by atoms with van der Waals surface area (Å²) in [5.41, 5.74) is -1.95. The van der Waals surface area contributed by atoms with Gasteiger partial charge in [-0.25, -0.2) is 9.59 Å². The van der Waals surface area contributed by atoms with Crippen molar-refractivity contribution in [3.05, 3.63) is 83.9 Å². The Kier molecular flexibility index (Phi) is 5.67. The number of rotatable bonds is 5. The molecule has 3 atom stereocenters. The van der Waals surface area contributed by atoms with Crippen LogP contribution in [0.15, 0.2) is 72.8 Å². The molecule has 3 rings (SSSR count). The molecule has 0 amide bonds. The Labute approximate surface area is 160 Å². The van der Waals surface area contributed by atoms with Crippen LogP contribution in [0.5, 0.6) is 0 Å². The molecular weight excluding hydrogens is 364 g/mol. The lowest BCUT2D eigenvalue weighted by molar-refractivity contribution is -0.166. The minimum absolute atomic E-state index is 0.228. The van der Waals surface area contributed by atoms with Crippen molar-refractivity contribution in [1.29, 1.82) is 0 Å². The summed E-state index contributed by atoms with van der Waals surface area (Å²) in [4.78, 5) is 36.4. The van der Waals surface area contributed by atoms with E-state index in [-0.39, 0.29) is 11.1 Å². The summed E-state index contributed by atoms with van der Waals surface area (Å²) in [6.45, 7) is -0.787. The lowest BCUT2D eigenvalue weighted by atomic mass is 9.84. The van der Waals surface area contributed by atoms with E-state index in [1.807, 2.05) is 0 Å². The van der Waals surface area contributed by atoms with E-state index in [1.54, 1.807) is 36.4 Å². The lowest BCUT2D eigenvalue weighted by Gasteiger charge is -2.36. The van der Waals surface area contributed by atoms with Gasteiger partial charge in [0.1, 0.15) is 18.8 Å². The van der Waals surface area contributed by atoms with Crippen molar-refractivity contribution in [2.75, 3.05) is 6.61 Å². The molecule has 1 aliphatic rings. The first-order chi connectivity index (χ1) is 13.4. The maximum atomic E-state index is 12.2. The van der Waals surface area contributed by atoms with Gasteiger partial charge in [0.25, 0.3) is 0 Å². The number of hydrogen-bond donors (Lipinski definition) is 2. The van der Waals surface area contributed by atoms with Crippen molar-refractivity contribution in [2.24, 2.45) is 0 Å². The average Bonchev–Trinajstić information content (AvgIpc) is 2.74. The van der Waals surface area contributed by atoms with E-state index in [4.69, 9.17) is 9.47 Å². The van der Waals surface area contributed by atoms with E-state index in [9.17, 15) is 24.6 Å². The molecule has 0 aliphatic heterocycles. The molecule has 144 valence electrons. The van der Waals surface area contributed by atoms with Gasteiger partial charge in [-0.3, -0.25) is 4.79 Å². The van der Waals surface area contributed by atoms with Crippen molar-refractivity contribution in [3.63, 3.8) is 0 Å². The normalized spacial score (nSPS) is 23.9. The number of ketones is 1. The Morgan fingerprint density at radius 1 is 0.929 bits per heavy atom. The Hall–Kier alpha value is -3.29. The van der Waals surface area contributed by atoms with Crippen molar-refractivity contribution in [2.45, 2.75) is 17.8 Å². The summed E-state index contributed by atoms with van der Waals surface area (Å²) in [6, 6.07) is 16.1. The summed E-state index contributed by atoms with van der Waals surface area (Å²) in [6.07, 6.45) is -0.917. The van der Waals surface area contributed by atoms with Crippen LogP contribution in [0.4, 0.5) is 0 Å². The number of esters is 2. The van der Waals surface area contributed by atoms with Crippen LogP contribution < -0.4 is 0 Å². The Morgan fingerprint density at radius 2 is 1.46 bits per heavy atom. The number of ether oxygens (including phenoxy) is 2. The molecule has 7 heteroatoms. The molecule has 0 unspecified atom stereocenters. The summed E-state index contributed by atoms with van der Waals surface area (Å²) < 4.78 is 10.2. The minimum Gasteiger partial charge on any atom is -0.458 e. The van der Waals surface area contributed by atoms with Crippen LogP contribution >= 0.6 is 0 Å². The van der Waals surface area contributed by atoms with E-state index in [2.05, 4.69) is 0 Å². The molecule has 0 heterocycles. The third-order valence-corrected chi connectivity index (χ3v) is 4.35. The number of carbonyl (C=O) groups is 3. The first-order valence-corrected chi connectivity index (χ1v) is 8.53. The fourth-order valence-corrected chi connectivity index (χ4v) is 2.71. The maximum Gasteiger partial charge on any atom is 0.338 e. The zero-order valence-corrected chi connectivity index (χ0v) is 14.7. The SMILES string of the molecule is O=C(OC[C@@]1(O)C(=O)C=C[C@@H](OC(=O)c2ccccc2)[C@@H]1O)c1ccccc1. The summed E-state index contributed by atoms with van der Waals surface area (Å²) in [7, 11) is 0. The Balaban J connectivity index is 1.70. The van der Waals surface area contributed by atoms with Crippen LogP contribution in [-0.2, 0) is 14.3 Å². The fourth-order valence-electron chi connectivity index (χ4n) is 2.71. The molecule has 0 radical (unpaired) electrons. The first kappa shape index (κ1) is 19.5. The quantitative estimate of drug-likeness (QED) is 0.750. The van der Waals surface area contributed by atoms with E-state index in [0.29, 0.717) is 0 Å². The minimum atomic E-state index is -2.43. The number of aliphatic hydroxyl groups excluding tert-OH is 1. The average molecular weight is 382 g/mol. The van der Waals surface area contributed by atoms with Crippen molar-refractivity contribution >= 4 is 17.7 Å². The van der Waals surface area contributed by atoms with Crippen molar-refractivity contribution < 1.29 is 34.1 Å². The highest BCUT2D eigenvalue weighted by Gasteiger charge is 2.50. The van der Waals surface area contributed by atoms with Gasteiger partial charge in [-0.05, 0) is 36.4 Å². The molecular formula is C21H18O7. The highest BCUT2D eigenvalue weighted by atomic mass is 16.6. The van der Waals surface area contributed by atoms with Crippen molar-refractivity contribution in [1.82, 2.24) is 0 Å². The molecule has 28 heavy (non-hydrogen) atoms. The van der Waals surface area contributed by atoms with Crippen molar-refractivity contribution in [3.8, 4) is 0 Å². The van der Waals surface area contributed by atoms with Gasteiger partial charge >= 0.3 is 11.9 Å². The van der Waals surface area contributed by atoms with Gasteiger partial charge in [-0.2, -0.15) is 0 Å². The maximum absolute atomic E-state index is 12.2. The predicted octanol–water partition coefficient (Wildman–Crippen LogP) is 1.30. The van der Waals surface area contributed by atoms with E-state index < -0.39 is 42.1 Å². The zero-order chi connectivity index (χ0) is 20.1. The lowest BCUT2D eigenvalue weighted by Crippen LogP contribution is -2.60. The summed E-state index contributed by atoms with van der Waals surface area (Å²) >= 11 is 0. The van der Waals surface area contributed by atoms with Gasteiger partial charge < -0.3 is 19.7 Å². The third-order valence-electron chi connectivity index (χ3n) is 4.35. The van der Waals surface area contributed by atoms with Gasteiger partial charge in [0, 0.05) is 0 Å². The molecule has 0 saturated heterocycles. The second kappa shape index (κ2) is 8.16. The standard InChI is InChI=1S/C21H18O7/c22-17-12-11-16(28-20(25)15-9-5-2-6-10-15)18(23)21(17,26)13-27-19(24)14-7-3-1-4-8-14/h1-12,16,18,23,26H,13H2/t16-,18+,21-/m1/s1. The smallest absolute Gasteiger partial charge is 0.338 e. The molecule has 0 saturated carbocycles. The molecule has 0 spiro atoms. The zero-order valence-electron chi connectivity index (χ0n) is 14.7. The van der Waals surface area contributed by atoms with Gasteiger partial charge in [0.15, 0.2) is 11.4 Å². The molecule has 7 nitrogen and oxygen atoms in total. The summed E-state index contributed by atoms with van der Waals surface area (Å²) in [5.74, 6) is -2.35. The van der Waals surface area contributed by atoms with E-state index in [1.165, 1.54) is 30.3 Å². The largest absolute Gasteiger partial charge is 0.458 e. The van der Waals surface area contributed by atoms with Gasteiger partial charge in [-0.1, -0.05) is 36.4 Å². The molecule has 0 fully saturated rings. The molecule has 2 aromatic carbocycles. The highest BCUT2D eigenvalue weighted by molar-refractivity contribution is 5.99. The Bertz CT molecular complexity index is 891. The monoisotopic (exact) mass is 382 g/mol.